The molecule has 4 aromatic heterocycles. The SMILES string of the molecule is COC(=O)c1c(C)cc(N2CCN(C(=O)c3ccc4c(-c5ccc(Cl)c(F)c5)cn(Cc5nc(C)oc5C)c4n3)C(C)(C)C2)nc1C. The number of amides is 1. The average molecular weight is 659 g/mol. The Morgan fingerprint density at radius 3 is 2.45 bits per heavy atom. The maximum Gasteiger partial charge on any atom is 0.339 e. The van der Waals surface area contributed by atoms with Gasteiger partial charge in [-0.15, -0.1) is 0 Å². The molecule has 12 heteroatoms. The van der Waals surface area contributed by atoms with Crippen LogP contribution in [-0.2, 0) is 11.3 Å². The van der Waals surface area contributed by atoms with Crippen LogP contribution in [0.5, 0.6) is 0 Å². The summed E-state index contributed by atoms with van der Waals surface area (Å²) in [7, 11) is 1.36. The Labute approximate surface area is 277 Å². The lowest BCUT2D eigenvalue weighted by Gasteiger charge is -2.47. The van der Waals surface area contributed by atoms with Crippen molar-refractivity contribution in [3.8, 4) is 11.1 Å². The number of halogens is 2. The fourth-order valence-electron chi connectivity index (χ4n) is 6.43. The maximum absolute atomic E-state index is 14.5. The van der Waals surface area contributed by atoms with E-state index in [4.69, 9.17) is 30.7 Å². The number of aryl methyl sites for hydroxylation is 4. The van der Waals surface area contributed by atoms with Crippen LogP contribution < -0.4 is 4.90 Å². The van der Waals surface area contributed by atoms with Crippen LogP contribution in [-0.4, -0.2) is 68.6 Å². The fourth-order valence-corrected chi connectivity index (χ4v) is 6.54. The highest BCUT2D eigenvalue weighted by molar-refractivity contribution is 6.30. The number of oxazole rings is 1. The van der Waals surface area contributed by atoms with Crippen molar-refractivity contribution in [2.24, 2.45) is 0 Å². The second kappa shape index (κ2) is 12.1. The number of hydrogen-bond acceptors (Lipinski definition) is 8. The summed E-state index contributed by atoms with van der Waals surface area (Å²) in [6.45, 7) is 13.2. The van der Waals surface area contributed by atoms with E-state index in [0.717, 1.165) is 28.0 Å². The van der Waals surface area contributed by atoms with Gasteiger partial charge in [-0.2, -0.15) is 0 Å². The number of piperazine rings is 1. The number of methoxy groups -OCH3 is 1. The Hall–Kier alpha value is -4.77. The Balaban J connectivity index is 1.33. The minimum absolute atomic E-state index is 0.0409. The van der Waals surface area contributed by atoms with Crippen LogP contribution in [0.25, 0.3) is 22.2 Å². The van der Waals surface area contributed by atoms with E-state index in [-0.39, 0.29) is 10.9 Å². The molecule has 1 amide bonds. The molecule has 0 saturated carbocycles. The molecule has 6 rings (SSSR count). The second-order valence-corrected chi connectivity index (χ2v) is 13.0. The van der Waals surface area contributed by atoms with E-state index in [1.807, 2.05) is 55.5 Å². The highest BCUT2D eigenvalue weighted by atomic mass is 35.5. The van der Waals surface area contributed by atoms with Gasteiger partial charge in [0.05, 0.1) is 35.5 Å². The predicted molar refractivity (Wildman–Crippen MR) is 178 cm³/mol. The predicted octanol–water partition coefficient (Wildman–Crippen LogP) is 6.69. The quantitative estimate of drug-likeness (QED) is 0.186. The number of fused-ring (bicyclic) bond motifs is 1. The largest absolute Gasteiger partial charge is 0.465 e. The van der Waals surface area contributed by atoms with Gasteiger partial charge in [-0.25, -0.2) is 24.1 Å². The summed E-state index contributed by atoms with van der Waals surface area (Å²) in [6, 6.07) is 10.2. The van der Waals surface area contributed by atoms with Gasteiger partial charge in [-0.1, -0.05) is 17.7 Å². The number of hydrogen-bond donors (Lipinski definition) is 0. The first kappa shape index (κ1) is 32.2. The van der Waals surface area contributed by atoms with E-state index in [1.54, 1.807) is 26.0 Å². The summed E-state index contributed by atoms with van der Waals surface area (Å²) >= 11 is 5.98. The summed E-state index contributed by atoms with van der Waals surface area (Å²) < 4.78 is 27.0. The van der Waals surface area contributed by atoms with E-state index in [9.17, 15) is 14.0 Å². The van der Waals surface area contributed by atoms with Gasteiger partial charge in [0.25, 0.3) is 5.91 Å². The van der Waals surface area contributed by atoms with Crippen molar-refractivity contribution < 1.29 is 23.1 Å². The molecule has 1 aromatic carbocycles. The van der Waals surface area contributed by atoms with Crippen molar-refractivity contribution in [2.75, 3.05) is 31.6 Å². The van der Waals surface area contributed by atoms with Gasteiger partial charge < -0.3 is 23.5 Å². The third-order valence-corrected chi connectivity index (χ3v) is 9.04. The van der Waals surface area contributed by atoms with Crippen molar-refractivity contribution in [1.29, 1.82) is 0 Å². The number of benzene rings is 1. The standard InChI is InChI=1S/C35H36ClFN6O4/c1-19-14-30(38-20(2)31(19)34(45)46-7)41-12-13-43(35(5,6)18-41)33(44)28-11-9-24-25(23-8-10-26(36)27(37)15-23)16-42(32(24)40-28)17-29-21(3)47-22(4)39-29/h8-11,14-16H,12-13,17-18H2,1-7H3. The van der Waals surface area contributed by atoms with Crippen LogP contribution in [0.2, 0.25) is 5.02 Å². The zero-order valence-electron chi connectivity index (χ0n) is 27.4. The van der Waals surface area contributed by atoms with E-state index in [1.165, 1.54) is 19.2 Å². The molecule has 1 fully saturated rings. The Bertz CT molecular complexity index is 2030. The average Bonchev–Trinajstić information content (AvgIpc) is 3.54. The lowest BCUT2D eigenvalue weighted by molar-refractivity contribution is 0.0506. The zero-order valence-corrected chi connectivity index (χ0v) is 28.2. The number of pyridine rings is 2. The first-order valence-corrected chi connectivity index (χ1v) is 15.7. The molecule has 1 aliphatic rings. The topological polar surface area (TPSA) is 107 Å². The van der Waals surface area contributed by atoms with E-state index >= 15 is 0 Å². The number of ether oxygens (including phenoxy) is 1. The molecule has 244 valence electrons. The van der Waals surface area contributed by atoms with Crippen molar-refractivity contribution in [3.63, 3.8) is 0 Å². The first-order chi connectivity index (χ1) is 22.3. The summed E-state index contributed by atoms with van der Waals surface area (Å²) in [5.41, 5.74) is 4.28. The fraction of sp³-hybridized carbons (Fsp3) is 0.343. The van der Waals surface area contributed by atoms with Crippen LogP contribution >= 0.6 is 11.6 Å². The van der Waals surface area contributed by atoms with Crippen molar-refractivity contribution >= 4 is 40.3 Å². The van der Waals surface area contributed by atoms with Crippen molar-refractivity contribution in [3.05, 3.63) is 93.3 Å². The smallest absolute Gasteiger partial charge is 0.339 e. The number of anilines is 1. The number of rotatable bonds is 6. The van der Waals surface area contributed by atoms with E-state index < -0.39 is 17.3 Å². The lowest BCUT2D eigenvalue weighted by Crippen LogP contribution is -2.61. The monoisotopic (exact) mass is 658 g/mol. The van der Waals surface area contributed by atoms with Crippen LogP contribution in [0.3, 0.4) is 0 Å². The number of carbonyl (C=O) groups excluding carboxylic acids is 2. The molecular weight excluding hydrogens is 623 g/mol. The van der Waals surface area contributed by atoms with Crippen LogP contribution in [0.15, 0.2) is 47.0 Å². The number of esters is 1. The van der Waals surface area contributed by atoms with Gasteiger partial charge in [0.15, 0.2) is 5.89 Å². The molecule has 5 heterocycles. The molecule has 47 heavy (non-hydrogen) atoms. The van der Waals surface area contributed by atoms with Gasteiger partial charge in [0.1, 0.15) is 34.4 Å². The molecule has 5 aromatic rings. The van der Waals surface area contributed by atoms with Crippen molar-refractivity contribution in [1.82, 2.24) is 24.4 Å². The van der Waals surface area contributed by atoms with Gasteiger partial charge in [-0.3, -0.25) is 4.79 Å². The number of aromatic nitrogens is 4. The summed E-state index contributed by atoms with van der Waals surface area (Å²) in [5.74, 6) is 0.861. The Morgan fingerprint density at radius 1 is 1.04 bits per heavy atom. The molecule has 1 aliphatic heterocycles. The van der Waals surface area contributed by atoms with Gasteiger partial charge in [-0.05, 0) is 76.1 Å². The van der Waals surface area contributed by atoms with Gasteiger partial charge in [0.2, 0.25) is 0 Å². The number of nitrogens with zero attached hydrogens (tertiary/aromatic N) is 6. The van der Waals surface area contributed by atoms with Gasteiger partial charge in [0, 0.05) is 43.7 Å². The second-order valence-electron chi connectivity index (χ2n) is 12.5. The van der Waals surface area contributed by atoms with Crippen molar-refractivity contribution in [2.45, 2.75) is 53.6 Å². The van der Waals surface area contributed by atoms with Gasteiger partial charge >= 0.3 is 5.97 Å². The molecule has 10 nitrogen and oxygen atoms in total. The zero-order chi connectivity index (χ0) is 33.8. The molecule has 0 bridgehead atoms. The molecule has 0 spiro atoms. The highest BCUT2D eigenvalue weighted by Gasteiger charge is 2.38. The third-order valence-electron chi connectivity index (χ3n) is 8.74. The first-order valence-electron chi connectivity index (χ1n) is 15.3. The van der Waals surface area contributed by atoms with E-state index in [0.29, 0.717) is 66.0 Å². The molecule has 0 atom stereocenters. The van der Waals surface area contributed by atoms with E-state index in [2.05, 4.69) is 9.88 Å². The molecule has 1 saturated heterocycles. The number of carbonyl (C=O) groups is 2. The summed E-state index contributed by atoms with van der Waals surface area (Å²) in [4.78, 5) is 44.5. The minimum atomic E-state index is -0.570. The Morgan fingerprint density at radius 2 is 1.81 bits per heavy atom. The highest BCUT2D eigenvalue weighted by Crippen LogP contribution is 2.34. The molecule has 0 unspecified atom stereocenters. The minimum Gasteiger partial charge on any atom is -0.465 e. The summed E-state index contributed by atoms with van der Waals surface area (Å²) in [6.07, 6.45) is 1.89. The van der Waals surface area contributed by atoms with Crippen LogP contribution in [0.1, 0.15) is 63.3 Å². The third kappa shape index (κ3) is 5.95. The molecular formula is C35H36ClFN6O4. The molecule has 0 radical (unpaired) electrons. The summed E-state index contributed by atoms with van der Waals surface area (Å²) in [5, 5.41) is 0.802. The molecule has 0 aliphatic carbocycles. The molecule has 0 N–H and O–H groups in total. The maximum atomic E-state index is 14.5. The van der Waals surface area contributed by atoms with Crippen LogP contribution in [0.4, 0.5) is 10.2 Å². The van der Waals surface area contributed by atoms with Crippen LogP contribution in [0, 0.1) is 33.5 Å². The normalized spacial score (nSPS) is 14.6. The Kier molecular flexibility index (Phi) is 8.29. The lowest BCUT2D eigenvalue weighted by atomic mass is 9.97.